The van der Waals surface area contributed by atoms with E-state index in [4.69, 9.17) is 4.42 Å². The van der Waals surface area contributed by atoms with Gasteiger partial charge in [0, 0.05) is 48.2 Å². The minimum atomic E-state index is -4.90. The molecule has 2 saturated heterocycles. The molecule has 1 atom stereocenters. The molecule has 1 amide bonds. The van der Waals surface area contributed by atoms with Crippen molar-refractivity contribution in [2.45, 2.75) is 48.9 Å². The number of fused-ring (bicyclic) bond motifs is 2. The van der Waals surface area contributed by atoms with Crippen molar-refractivity contribution >= 4 is 26.9 Å². The summed E-state index contributed by atoms with van der Waals surface area (Å²) in [6.45, 7) is -0.698. The van der Waals surface area contributed by atoms with E-state index in [-0.39, 0.29) is 28.1 Å². The highest BCUT2D eigenvalue weighted by atomic mass is 32.2. The standard InChI is InChI=1S/C26H18F7N5O4S/c27-16-1-2-20-12(3-16)7-21(42-20)43(40,41)38-17-4-13(5-17)22(38)23(39)35-8-14-6-19(34-11-18(14)25(28,29)30)15-9-36-24(37-10-15)26(31,32)33/h1-3,6-7,9-11,13,17,22H,4-5,8H2,(H,35,39)/t13?,17?,22-/m0/s1. The van der Waals surface area contributed by atoms with Gasteiger partial charge in [-0.2, -0.15) is 30.6 Å². The van der Waals surface area contributed by atoms with Gasteiger partial charge in [0.1, 0.15) is 17.4 Å². The van der Waals surface area contributed by atoms with Crippen molar-refractivity contribution in [3.05, 3.63) is 71.7 Å². The fourth-order valence-electron chi connectivity index (χ4n) is 5.38. The fraction of sp³-hybridized carbons (Fsp3) is 0.308. The number of sulfonamides is 1. The molecule has 3 fully saturated rings. The number of alkyl halides is 6. The maximum absolute atomic E-state index is 13.8. The molecule has 0 radical (unpaired) electrons. The minimum Gasteiger partial charge on any atom is -0.443 e. The lowest BCUT2D eigenvalue weighted by atomic mass is 9.83. The molecule has 226 valence electrons. The molecule has 17 heteroatoms. The number of hydrogen-bond donors (Lipinski definition) is 1. The van der Waals surface area contributed by atoms with Crippen molar-refractivity contribution in [1.29, 1.82) is 0 Å². The Kier molecular flexibility index (Phi) is 6.72. The van der Waals surface area contributed by atoms with E-state index >= 15 is 0 Å². The van der Waals surface area contributed by atoms with Crippen LogP contribution < -0.4 is 5.32 Å². The number of hydrogen-bond acceptors (Lipinski definition) is 7. The zero-order chi connectivity index (χ0) is 30.9. The number of carbonyl (C=O) groups excluding carboxylic acids is 1. The number of amides is 1. The fourth-order valence-corrected chi connectivity index (χ4v) is 7.19. The highest BCUT2D eigenvalue weighted by molar-refractivity contribution is 7.89. The summed E-state index contributed by atoms with van der Waals surface area (Å²) in [4.78, 5) is 23.3. The number of furan rings is 1. The van der Waals surface area contributed by atoms with Crippen LogP contribution in [0.2, 0.25) is 0 Å². The van der Waals surface area contributed by atoms with E-state index in [9.17, 15) is 43.9 Å². The number of carbonyl (C=O) groups is 1. The molecule has 5 heterocycles. The summed E-state index contributed by atoms with van der Waals surface area (Å²) in [5.41, 5.74) is -1.85. The lowest BCUT2D eigenvalue weighted by Crippen LogP contribution is -2.46. The predicted molar refractivity (Wildman–Crippen MR) is 133 cm³/mol. The molecular weight excluding hydrogens is 611 g/mol. The van der Waals surface area contributed by atoms with Crippen molar-refractivity contribution in [2.75, 3.05) is 0 Å². The molecule has 0 spiro atoms. The van der Waals surface area contributed by atoms with Gasteiger partial charge in [-0.25, -0.2) is 22.8 Å². The van der Waals surface area contributed by atoms with Crippen molar-refractivity contribution in [2.24, 2.45) is 5.92 Å². The zero-order valence-electron chi connectivity index (χ0n) is 21.4. The molecule has 7 rings (SSSR count). The molecule has 1 N–H and O–H groups in total. The molecule has 1 aliphatic carbocycles. The van der Waals surface area contributed by atoms with E-state index in [0.717, 1.165) is 41.0 Å². The Balaban J connectivity index is 1.25. The van der Waals surface area contributed by atoms with Gasteiger partial charge in [0.05, 0.1) is 11.3 Å². The second-order valence-corrected chi connectivity index (χ2v) is 11.9. The van der Waals surface area contributed by atoms with E-state index < -0.39 is 74.8 Å². The number of rotatable bonds is 6. The summed E-state index contributed by atoms with van der Waals surface area (Å²) in [6.07, 6.45) is -7.02. The summed E-state index contributed by atoms with van der Waals surface area (Å²) >= 11 is 0. The Labute approximate surface area is 237 Å². The molecule has 2 bridgehead atoms. The van der Waals surface area contributed by atoms with E-state index in [1.165, 1.54) is 6.07 Å². The maximum atomic E-state index is 13.8. The van der Waals surface area contributed by atoms with Gasteiger partial charge in [0.2, 0.25) is 16.8 Å². The summed E-state index contributed by atoms with van der Waals surface area (Å²) in [6, 6.07) is 3.74. The molecule has 0 unspecified atom stereocenters. The van der Waals surface area contributed by atoms with E-state index in [0.29, 0.717) is 19.0 Å². The predicted octanol–water partition coefficient (Wildman–Crippen LogP) is 4.93. The number of aromatic nitrogens is 3. The maximum Gasteiger partial charge on any atom is 0.451 e. The Morgan fingerprint density at radius 1 is 0.977 bits per heavy atom. The lowest BCUT2D eigenvalue weighted by Gasteiger charge is -2.24. The first-order valence-electron chi connectivity index (χ1n) is 12.6. The van der Waals surface area contributed by atoms with Gasteiger partial charge >= 0.3 is 12.4 Å². The van der Waals surface area contributed by atoms with Crippen molar-refractivity contribution in [3.63, 3.8) is 0 Å². The third kappa shape index (κ3) is 5.20. The smallest absolute Gasteiger partial charge is 0.443 e. The molecule has 1 aromatic carbocycles. The van der Waals surface area contributed by atoms with Crippen LogP contribution in [0.5, 0.6) is 0 Å². The van der Waals surface area contributed by atoms with E-state index in [1.54, 1.807) is 0 Å². The van der Waals surface area contributed by atoms with Crippen LogP contribution >= 0.6 is 0 Å². The Morgan fingerprint density at radius 3 is 2.33 bits per heavy atom. The van der Waals surface area contributed by atoms with Gasteiger partial charge in [-0.1, -0.05) is 0 Å². The van der Waals surface area contributed by atoms with Crippen molar-refractivity contribution in [1.82, 2.24) is 24.6 Å². The second-order valence-electron chi connectivity index (χ2n) is 10.1. The highest BCUT2D eigenvalue weighted by Gasteiger charge is 2.59. The third-order valence-electron chi connectivity index (χ3n) is 7.44. The molecular formula is C26H18F7N5O4S. The van der Waals surface area contributed by atoms with Crippen LogP contribution in [0.4, 0.5) is 30.7 Å². The topological polar surface area (TPSA) is 118 Å². The van der Waals surface area contributed by atoms with E-state index in [2.05, 4.69) is 20.3 Å². The van der Waals surface area contributed by atoms with Gasteiger partial charge in [0.15, 0.2) is 0 Å². The van der Waals surface area contributed by atoms with Crippen molar-refractivity contribution < 1.29 is 48.4 Å². The summed E-state index contributed by atoms with van der Waals surface area (Å²) in [5, 5.41) is 2.06. The van der Waals surface area contributed by atoms with E-state index in [1.807, 2.05) is 0 Å². The average Bonchev–Trinajstić information content (AvgIpc) is 3.62. The van der Waals surface area contributed by atoms with Gasteiger partial charge in [-0.3, -0.25) is 9.78 Å². The second kappa shape index (κ2) is 9.97. The number of benzene rings is 1. The molecule has 1 saturated carbocycles. The minimum absolute atomic E-state index is 0.103. The quantitative estimate of drug-likeness (QED) is 0.301. The zero-order valence-corrected chi connectivity index (χ0v) is 22.3. The van der Waals surface area contributed by atoms with Gasteiger partial charge in [-0.05, 0) is 48.6 Å². The van der Waals surface area contributed by atoms with Crippen LogP contribution in [0.15, 0.2) is 58.4 Å². The molecule has 3 aromatic heterocycles. The van der Waals surface area contributed by atoms with Crippen LogP contribution in [0.25, 0.3) is 22.2 Å². The molecule has 4 aromatic rings. The average molecular weight is 630 g/mol. The third-order valence-corrected chi connectivity index (χ3v) is 9.23. The van der Waals surface area contributed by atoms with Crippen LogP contribution in [-0.4, -0.2) is 45.7 Å². The summed E-state index contributed by atoms with van der Waals surface area (Å²) in [7, 11) is -4.39. The number of halogens is 7. The first-order chi connectivity index (χ1) is 20.1. The molecule has 9 nitrogen and oxygen atoms in total. The number of nitrogens with one attached hydrogen (secondary N) is 1. The lowest BCUT2D eigenvalue weighted by molar-refractivity contribution is -0.145. The SMILES string of the molecule is O=C(NCc1cc(-c2cnc(C(F)(F)F)nc2)ncc1C(F)(F)F)[C@@H]1C2CC(C2)N1S(=O)(=O)c1cc2cc(F)ccc2o1. The normalized spacial score (nSPS) is 20.8. The Morgan fingerprint density at radius 2 is 1.67 bits per heavy atom. The molecule has 2 aliphatic heterocycles. The molecule has 3 aliphatic rings. The highest BCUT2D eigenvalue weighted by Crippen LogP contribution is 2.49. The van der Waals surface area contributed by atoms with Crippen LogP contribution in [0.3, 0.4) is 0 Å². The van der Waals surface area contributed by atoms with Crippen LogP contribution in [0, 0.1) is 11.7 Å². The molecule has 43 heavy (non-hydrogen) atoms. The Hall–Kier alpha value is -4.12. The largest absolute Gasteiger partial charge is 0.451 e. The monoisotopic (exact) mass is 629 g/mol. The summed E-state index contributed by atoms with van der Waals surface area (Å²) in [5.74, 6) is -3.29. The van der Waals surface area contributed by atoms with Crippen molar-refractivity contribution in [3.8, 4) is 11.3 Å². The Bertz CT molecular complexity index is 1840. The van der Waals surface area contributed by atoms with Crippen LogP contribution in [0.1, 0.15) is 29.8 Å². The summed E-state index contributed by atoms with van der Waals surface area (Å²) < 4.78 is 127. The first-order valence-corrected chi connectivity index (χ1v) is 14.0. The van der Waals surface area contributed by atoms with Gasteiger partial charge in [-0.15, -0.1) is 0 Å². The van der Waals surface area contributed by atoms with Gasteiger partial charge < -0.3 is 9.73 Å². The first kappa shape index (κ1) is 29.0. The van der Waals surface area contributed by atoms with Gasteiger partial charge in [0.25, 0.3) is 10.0 Å². The number of nitrogens with zero attached hydrogens (tertiary/aromatic N) is 4. The van der Waals surface area contributed by atoms with Crippen LogP contribution in [-0.2, 0) is 33.7 Å². The number of pyridine rings is 1.